The molecule has 2 aromatic rings. The average molecular weight is 352 g/mol. The third kappa shape index (κ3) is 4.28. The first-order chi connectivity index (χ1) is 12.7. The van der Waals surface area contributed by atoms with Crippen molar-refractivity contribution in [1.29, 1.82) is 5.26 Å². The van der Waals surface area contributed by atoms with Gasteiger partial charge in [-0.2, -0.15) is 5.26 Å². The molecule has 7 nitrogen and oxygen atoms in total. The Morgan fingerprint density at radius 2 is 2.08 bits per heavy atom. The van der Waals surface area contributed by atoms with Crippen molar-refractivity contribution in [3.8, 4) is 17.6 Å². The van der Waals surface area contributed by atoms with E-state index in [1.54, 1.807) is 18.2 Å². The van der Waals surface area contributed by atoms with Crippen molar-refractivity contribution in [2.75, 3.05) is 7.11 Å². The molecule has 3 rings (SSSR count). The zero-order chi connectivity index (χ0) is 18.4. The predicted octanol–water partition coefficient (Wildman–Crippen LogP) is 2.48. The fourth-order valence-electron chi connectivity index (χ4n) is 3.03. The van der Waals surface area contributed by atoms with Crippen LogP contribution < -0.4 is 14.8 Å². The second-order valence-electron chi connectivity index (χ2n) is 6.13. The van der Waals surface area contributed by atoms with Gasteiger partial charge in [-0.1, -0.05) is 0 Å². The summed E-state index contributed by atoms with van der Waals surface area (Å²) in [5.74, 6) is 1.00. The Morgan fingerprint density at radius 1 is 1.27 bits per heavy atom. The highest BCUT2D eigenvalue weighted by Crippen LogP contribution is 2.28. The maximum Gasteiger partial charge on any atom is 0.271 e. The zero-order valence-corrected chi connectivity index (χ0v) is 14.5. The number of hydrogen-bond acceptors (Lipinski definition) is 6. The van der Waals surface area contributed by atoms with Gasteiger partial charge in [-0.15, -0.1) is 0 Å². The monoisotopic (exact) mass is 352 g/mol. The van der Waals surface area contributed by atoms with E-state index >= 15 is 0 Å². The number of nitrogens with one attached hydrogen (secondary N) is 1. The van der Waals surface area contributed by atoms with Gasteiger partial charge in [0, 0.05) is 24.5 Å². The van der Waals surface area contributed by atoms with Crippen molar-refractivity contribution in [1.82, 2.24) is 15.3 Å². The first kappa shape index (κ1) is 17.7. The number of rotatable bonds is 5. The fraction of sp³-hybridized carbons (Fsp3) is 0.368. The van der Waals surface area contributed by atoms with E-state index in [9.17, 15) is 4.79 Å². The number of carbonyl (C=O) groups is 1. The third-order valence-corrected chi connectivity index (χ3v) is 4.40. The van der Waals surface area contributed by atoms with Crippen LogP contribution in [0.3, 0.4) is 0 Å². The molecule has 1 aliphatic rings. The Balaban J connectivity index is 1.51. The van der Waals surface area contributed by atoms with Gasteiger partial charge in [0.05, 0.1) is 25.0 Å². The average Bonchev–Trinajstić information content (AvgIpc) is 2.70. The molecule has 1 saturated carbocycles. The number of amides is 1. The van der Waals surface area contributed by atoms with Crippen molar-refractivity contribution < 1.29 is 14.3 Å². The minimum atomic E-state index is -0.195. The van der Waals surface area contributed by atoms with E-state index in [1.807, 2.05) is 0 Å². The van der Waals surface area contributed by atoms with Gasteiger partial charge in [0.2, 0.25) is 0 Å². The first-order valence-electron chi connectivity index (χ1n) is 8.51. The molecule has 0 aliphatic heterocycles. The van der Waals surface area contributed by atoms with Crippen LogP contribution in [0.2, 0.25) is 0 Å². The molecule has 134 valence electrons. The number of nitrogens with zero attached hydrogens (tertiary/aromatic N) is 3. The van der Waals surface area contributed by atoms with Crippen LogP contribution in [0.5, 0.6) is 11.5 Å². The topological polar surface area (TPSA) is 97.1 Å². The molecule has 0 spiro atoms. The maximum atomic E-state index is 12.1. The van der Waals surface area contributed by atoms with Gasteiger partial charge in [0.1, 0.15) is 23.3 Å². The minimum Gasteiger partial charge on any atom is -0.495 e. The van der Waals surface area contributed by atoms with Crippen molar-refractivity contribution in [3.05, 3.63) is 48.0 Å². The number of aromatic nitrogens is 2. The fourth-order valence-corrected chi connectivity index (χ4v) is 3.03. The maximum absolute atomic E-state index is 12.1. The van der Waals surface area contributed by atoms with Gasteiger partial charge in [0.15, 0.2) is 0 Å². The van der Waals surface area contributed by atoms with Gasteiger partial charge >= 0.3 is 0 Å². The molecule has 0 saturated heterocycles. The first-order valence-corrected chi connectivity index (χ1v) is 8.51. The summed E-state index contributed by atoms with van der Waals surface area (Å²) >= 11 is 0. The summed E-state index contributed by atoms with van der Waals surface area (Å²) in [6.07, 6.45) is 7.94. The number of carbonyl (C=O) groups excluding carboxylic acids is 1. The van der Waals surface area contributed by atoms with E-state index in [0.717, 1.165) is 25.7 Å². The number of methoxy groups -OCH3 is 1. The molecule has 0 bridgehead atoms. The molecule has 1 aliphatic carbocycles. The minimum absolute atomic E-state index is 0.0808. The Kier molecular flexibility index (Phi) is 5.64. The van der Waals surface area contributed by atoms with Crippen LogP contribution in [0, 0.1) is 11.3 Å². The molecule has 1 aromatic heterocycles. The number of ether oxygens (including phenoxy) is 2. The summed E-state index contributed by atoms with van der Waals surface area (Å²) in [7, 11) is 1.53. The lowest BCUT2D eigenvalue weighted by molar-refractivity contribution is 0.0888. The molecule has 0 atom stereocenters. The van der Waals surface area contributed by atoms with E-state index in [2.05, 4.69) is 21.4 Å². The van der Waals surface area contributed by atoms with Gasteiger partial charge in [-0.25, -0.2) is 4.98 Å². The smallest absolute Gasteiger partial charge is 0.271 e. The molecule has 0 radical (unpaired) electrons. The molecule has 1 aromatic carbocycles. The predicted molar refractivity (Wildman–Crippen MR) is 93.9 cm³/mol. The molecular formula is C19H20N4O3. The largest absolute Gasteiger partial charge is 0.495 e. The van der Waals surface area contributed by atoms with Crippen LogP contribution in [-0.2, 0) is 0 Å². The van der Waals surface area contributed by atoms with Crippen molar-refractivity contribution in [2.24, 2.45) is 0 Å². The zero-order valence-electron chi connectivity index (χ0n) is 14.5. The second kappa shape index (κ2) is 8.30. The highest BCUT2D eigenvalue weighted by Gasteiger charge is 2.24. The van der Waals surface area contributed by atoms with Crippen LogP contribution in [-0.4, -0.2) is 35.1 Å². The van der Waals surface area contributed by atoms with Crippen LogP contribution in [0.1, 0.15) is 41.7 Å². The summed E-state index contributed by atoms with van der Waals surface area (Å²) in [5.41, 5.74) is 0.811. The van der Waals surface area contributed by atoms with Gasteiger partial charge in [0.25, 0.3) is 5.91 Å². The van der Waals surface area contributed by atoms with Crippen LogP contribution in [0.15, 0.2) is 36.8 Å². The molecule has 26 heavy (non-hydrogen) atoms. The summed E-state index contributed by atoms with van der Waals surface area (Å²) < 4.78 is 11.2. The van der Waals surface area contributed by atoms with Crippen molar-refractivity contribution in [3.63, 3.8) is 0 Å². The Morgan fingerprint density at radius 3 is 2.73 bits per heavy atom. The summed E-state index contributed by atoms with van der Waals surface area (Å²) in [5, 5.41) is 12.0. The SMILES string of the molecule is COc1cc(O[C@H]2CC[C@H](NC(=O)c3cnccn3)CC2)ccc1C#N. The number of nitriles is 1. The Hall–Kier alpha value is -3.14. The molecule has 1 heterocycles. The van der Waals surface area contributed by atoms with E-state index in [4.69, 9.17) is 14.7 Å². The second-order valence-corrected chi connectivity index (χ2v) is 6.13. The highest BCUT2D eigenvalue weighted by molar-refractivity contribution is 5.92. The third-order valence-electron chi connectivity index (χ3n) is 4.40. The standard InChI is InChI=1S/C19H20N4O3/c1-25-18-10-16(5-2-13(18)11-20)26-15-6-3-14(4-7-15)23-19(24)17-12-21-8-9-22-17/h2,5,8-10,12,14-15H,3-4,6-7H2,1H3,(H,23,24)/t14-,15-. The lowest BCUT2D eigenvalue weighted by Gasteiger charge is -2.29. The van der Waals surface area contributed by atoms with Crippen LogP contribution in [0.25, 0.3) is 0 Å². The molecule has 1 fully saturated rings. The molecule has 0 unspecified atom stereocenters. The van der Waals surface area contributed by atoms with E-state index in [-0.39, 0.29) is 18.1 Å². The summed E-state index contributed by atoms with van der Waals surface area (Å²) in [6, 6.07) is 7.41. The lowest BCUT2D eigenvalue weighted by Crippen LogP contribution is -2.40. The highest BCUT2D eigenvalue weighted by atomic mass is 16.5. The molecule has 7 heteroatoms. The van der Waals surface area contributed by atoms with E-state index in [1.165, 1.54) is 25.7 Å². The Bertz CT molecular complexity index is 796. The van der Waals surface area contributed by atoms with E-state index in [0.29, 0.717) is 22.8 Å². The molecule has 1 amide bonds. The van der Waals surface area contributed by atoms with Crippen molar-refractivity contribution >= 4 is 5.91 Å². The summed E-state index contributed by atoms with van der Waals surface area (Å²) in [4.78, 5) is 20.1. The van der Waals surface area contributed by atoms with E-state index < -0.39 is 0 Å². The lowest BCUT2D eigenvalue weighted by atomic mass is 9.93. The van der Waals surface area contributed by atoms with Crippen LogP contribution >= 0.6 is 0 Å². The Labute approximate surface area is 152 Å². The summed E-state index contributed by atoms with van der Waals surface area (Å²) in [6.45, 7) is 0. The van der Waals surface area contributed by atoms with Gasteiger partial charge in [-0.3, -0.25) is 9.78 Å². The number of hydrogen-bond donors (Lipinski definition) is 1. The quantitative estimate of drug-likeness (QED) is 0.888. The molecular weight excluding hydrogens is 332 g/mol. The van der Waals surface area contributed by atoms with Gasteiger partial charge < -0.3 is 14.8 Å². The molecule has 1 N–H and O–H groups in total. The van der Waals surface area contributed by atoms with Gasteiger partial charge in [-0.05, 0) is 37.8 Å². The normalized spacial score (nSPS) is 19.2. The van der Waals surface area contributed by atoms with Crippen LogP contribution in [0.4, 0.5) is 0 Å². The number of benzene rings is 1. The van der Waals surface area contributed by atoms with Crippen molar-refractivity contribution in [2.45, 2.75) is 37.8 Å².